The average molecular weight is 389 g/mol. The smallest absolute Gasteiger partial charge is 0.534 e. The maximum Gasteiger partial charge on any atom is 0.547 e. The summed E-state index contributed by atoms with van der Waals surface area (Å²) in [4.78, 5) is 36.1. The van der Waals surface area contributed by atoms with Crippen LogP contribution in [-0.2, 0) is 25.5 Å². The van der Waals surface area contributed by atoms with Crippen molar-refractivity contribution in [1.82, 2.24) is 5.32 Å². The highest BCUT2D eigenvalue weighted by Crippen LogP contribution is 2.32. The number of carbonyl (C=O) groups excluding carboxylic acids is 3. The largest absolute Gasteiger partial charge is 0.547 e. The highest BCUT2D eigenvalue weighted by Gasteiger charge is 2.40. The van der Waals surface area contributed by atoms with Crippen molar-refractivity contribution in [1.29, 1.82) is 0 Å². The third-order valence-corrected chi connectivity index (χ3v) is 4.61. The molecule has 2 aliphatic rings. The number of amides is 1. The lowest BCUT2D eigenvalue weighted by atomic mass is 9.72. The van der Waals surface area contributed by atoms with Crippen LogP contribution >= 0.6 is 0 Å². The molecule has 1 saturated carbocycles. The maximum atomic E-state index is 12.4. The summed E-state index contributed by atoms with van der Waals surface area (Å²) in [6.07, 6.45) is 2.05. The lowest BCUT2D eigenvalue weighted by molar-refractivity contribution is -0.161. The van der Waals surface area contributed by atoms with Gasteiger partial charge in [0.25, 0.3) is 0 Å². The first-order valence-corrected chi connectivity index (χ1v) is 9.28. The number of nitrogens with one attached hydrogen (secondary N) is 1. The van der Waals surface area contributed by atoms with Crippen LogP contribution in [0.1, 0.15) is 49.5 Å². The van der Waals surface area contributed by atoms with Crippen LogP contribution in [0.5, 0.6) is 5.75 Å². The van der Waals surface area contributed by atoms with Crippen LogP contribution in [0.4, 0.5) is 0 Å². The Balaban J connectivity index is 1.64. The number of carbonyl (C=O) groups is 3. The van der Waals surface area contributed by atoms with Crippen molar-refractivity contribution in [3.63, 3.8) is 0 Å². The van der Waals surface area contributed by atoms with Gasteiger partial charge in [-0.15, -0.1) is 0 Å². The van der Waals surface area contributed by atoms with Gasteiger partial charge in [0.2, 0.25) is 12.7 Å². The zero-order valence-corrected chi connectivity index (χ0v) is 16.2. The predicted octanol–water partition coefficient (Wildman–Crippen LogP) is 1.24. The zero-order valence-electron chi connectivity index (χ0n) is 16.2. The number of ether oxygens (including phenoxy) is 2. The average Bonchev–Trinajstić information content (AvgIpc) is 3.46. The molecule has 0 aromatic heterocycles. The lowest BCUT2D eigenvalue weighted by Crippen LogP contribution is -2.53. The summed E-state index contributed by atoms with van der Waals surface area (Å²) in [7, 11) is -1.28. The number of hydrogen-bond acceptors (Lipinski definition) is 7. The molecule has 0 saturated heterocycles. The second kappa shape index (κ2) is 7.83. The molecule has 2 N–H and O–H groups in total. The van der Waals surface area contributed by atoms with E-state index in [0.29, 0.717) is 12.0 Å². The lowest BCUT2D eigenvalue weighted by Gasteiger charge is -2.29. The zero-order chi connectivity index (χ0) is 20.5. The van der Waals surface area contributed by atoms with Crippen LogP contribution in [-0.4, -0.2) is 42.7 Å². The summed E-state index contributed by atoms with van der Waals surface area (Å²) in [6, 6.07) is 4.92. The summed E-state index contributed by atoms with van der Waals surface area (Å²) >= 11 is 0. The molecule has 0 radical (unpaired) electrons. The summed E-state index contributed by atoms with van der Waals surface area (Å²) in [5.74, 6) is -1.67. The van der Waals surface area contributed by atoms with E-state index in [1.165, 1.54) is 6.07 Å². The molecule has 9 heteroatoms. The van der Waals surface area contributed by atoms with Gasteiger partial charge in [-0.05, 0) is 51.7 Å². The monoisotopic (exact) mass is 389 g/mol. The van der Waals surface area contributed by atoms with Crippen molar-refractivity contribution in [3.05, 3.63) is 29.3 Å². The highest BCUT2D eigenvalue weighted by molar-refractivity contribution is 6.47. The molecule has 0 unspecified atom stereocenters. The molecule has 1 aliphatic carbocycles. The number of benzene rings is 1. The fourth-order valence-electron chi connectivity index (χ4n) is 2.79. The Kier molecular flexibility index (Phi) is 5.65. The Morgan fingerprint density at radius 2 is 1.96 bits per heavy atom. The Hall–Kier alpha value is -2.55. The van der Waals surface area contributed by atoms with Crippen LogP contribution in [0.15, 0.2) is 18.2 Å². The van der Waals surface area contributed by atoms with Gasteiger partial charge >= 0.3 is 19.1 Å². The van der Waals surface area contributed by atoms with Crippen molar-refractivity contribution >= 4 is 25.0 Å². The third kappa shape index (κ3) is 4.65. The Bertz CT molecular complexity index is 785. The van der Waals surface area contributed by atoms with Gasteiger partial charge in [-0.25, -0.2) is 4.79 Å². The maximum absolute atomic E-state index is 12.4. The summed E-state index contributed by atoms with van der Waals surface area (Å²) in [5, 5.41) is 13.0. The van der Waals surface area contributed by atoms with E-state index in [4.69, 9.17) is 14.1 Å². The van der Waals surface area contributed by atoms with Crippen molar-refractivity contribution in [3.8, 4) is 5.75 Å². The standard InChI is InChI=1S/C19H24BNO7/c1-19(2,3)18(24)27-10-26-17(23)13-6-4-5-12-9-14(20(25)28-15(12)13)21-16(22)11-7-8-11/h4-6,11,14,25H,7-10H2,1-3H3,(H,21,22)/t14-/m0/s1. The second-order valence-electron chi connectivity index (χ2n) is 8.13. The molecule has 150 valence electrons. The molecule has 1 atom stereocenters. The van der Waals surface area contributed by atoms with E-state index in [1.54, 1.807) is 32.9 Å². The summed E-state index contributed by atoms with van der Waals surface area (Å²) in [6.45, 7) is 4.57. The summed E-state index contributed by atoms with van der Waals surface area (Å²) in [5.41, 5.74) is 0.0914. The molecular weight excluding hydrogens is 365 g/mol. The first-order chi connectivity index (χ1) is 13.2. The van der Waals surface area contributed by atoms with Gasteiger partial charge in [-0.2, -0.15) is 0 Å². The normalized spacial score (nSPS) is 18.6. The van der Waals surface area contributed by atoms with Crippen LogP contribution < -0.4 is 9.97 Å². The fraction of sp³-hybridized carbons (Fsp3) is 0.526. The van der Waals surface area contributed by atoms with Gasteiger partial charge in [0.1, 0.15) is 11.3 Å². The Morgan fingerprint density at radius 1 is 1.25 bits per heavy atom. The molecule has 1 aromatic carbocycles. The van der Waals surface area contributed by atoms with Crippen LogP contribution in [0, 0.1) is 11.3 Å². The summed E-state index contributed by atoms with van der Waals surface area (Å²) < 4.78 is 15.5. The van der Waals surface area contributed by atoms with Crippen molar-refractivity contribution in [2.45, 2.75) is 46.0 Å². The molecule has 3 rings (SSSR count). The van der Waals surface area contributed by atoms with Gasteiger partial charge < -0.3 is 24.5 Å². The number of hydrogen-bond donors (Lipinski definition) is 2. The third-order valence-electron chi connectivity index (χ3n) is 4.61. The molecular formula is C19H24BNO7. The molecule has 1 fully saturated rings. The Morgan fingerprint density at radius 3 is 2.61 bits per heavy atom. The van der Waals surface area contributed by atoms with E-state index in [0.717, 1.165) is 12.8 Å². The van der Waals surface area contributed by atoms with Crippen molar-refractivity contribution in [2.24, 2.45) is 11.3 Å². The van der Waals surface area contributed by atoms with Crippen molar-refractivity contribution < 1.29 is 33.5 Å². The van der Waals surface area contributed by atoms with Crippen LogP contribution in [0.25, 0.3) is 0 Å². The minimum absolute atomic E-state index is 0.0192. The van der Waals surface area contributed by atoms with Gasteiger partial charge in [0.05, 0.1) is 11.4 Å². The fourth-order valence-corrected chi connectivity index (χ4v) is 2.79. The van der Waals surface area contributed by atoms with Gasteiger partial charge in [0.15, 0.2) is 0 Å². The minimum Gasteiger partial charge on any atom is -0.534 e. The minimum atomic E-state index is -1.28. The Labute approximate surface area is 163 Å². The molecule has 8 nitrogen and oxygen atoms in total. The second-order valence-corrected chi connectivity index (χ2v) is 8.13. The molecule has 0 bridgehead atoms. The predicted molar refractivity (Wildman–Crippen MR) is 99.2 cm³/mol. The number of esters is 2. The molecule has 1 heterocycles. The van der Waals surface area contributed by atoms with Gasteiger partial charge in [-0.3, -0.25) is 9.59 Å². The van der Waals surface area contributed by atoms with Crippen LogP contribution in [0.3, 0.4) is 0 Å². The number of fused-ring (bicyclic) bond motifs is 1. The molecule has 1 aliphatic heterocycles. The van der Waals surface area contributed by atoms with E-state index in [1.807, 2.05) is 0 Å². The molecule has 1 amide bonds. The first-order valence-electron chi connectivity index (χ1n) is 9.28. The molecule has 28 heavy (non-hydrogen) atoms. The topological polar surface area (TPSA) is 111 Å². The quantitative estimate of drug-likeness (QED) is 0.443. The van der Waals surface area contributed by atoms with E-state index in [2.05, 4.69) is 5.32 Å². The molecule has 1 aromatic rings. The van der Waals surface area contributed by atoms with E-state index in [-0.39, 0.29) is 23.1 Å². The first kappa shape index (κ1) is 20.2. The van der Waals surface area contributed by atoms with Gasteiger partial charge in [0, 0.05) is 5.92 Å². The van der Waals surface area contributed by atoms with Crippen molar-refractivity contribution in [2.75, 3.05) is 6.79 Å². The van der Waals surface area contributed by atoms with Gasteiger partial charge in [-0.1, -0.05) is 12.1 Å². The van der Waals surface area contributed by atoms with E-state index >= 15 is 0 Å². The molecule has 0 spiro atoms. The number of para-hydroxylation sites is 1. The van der Waals surface area contributed by atoms with E-state index in [9.17, 15) is 19.4 Å². The van der Waals surface area contributed by atoms with Crippen LogP contribution in [0.2, 0.25) is 0 Å². The number of rotatable bonds is 5. The highest BCUT2D eigenvalue weighted by atomic mass is 16.7. The SMILES string of the molecule is CC(C)(C)C(=O)OCOC(=O)c1cccc2c1OB(O)[C@@H](NC(=O)C1CC1)C2. The van der Waals surface area contributed by atoms with E-state index < -0.39 is 37.2 Å².